The second-order valence-corrected chi connectivity index (χ2v) is 14.0. The molecule has 0 aromatic heterocycles. The lowest BCUT2D eigenvalue weighted by atomic mass is 9.52. The summed E-state index contributed by atoms with van der Waals surface area (Å²) in [4.78, 5) is 29.8. The number of aliphatic hydroxyl groups excluding tert-OH is 1. The number of rotatable bonds is 9. The molecule has 5 fully saturated rings. The summed E-state index contributed by atoms with van der Waals surface area (Å²) in [5.74, 6) is 0.113. The quantitative estimate of drug-likeness (QED) is 0.358. The first kappa shape index (κ1) is 29.7. The summed E-state index contributed by atoms with van der Waals surface area (Å²) in [5, 5.41) is 25.5. The van der Waals surface area contributed by atoms with Gasteiger partial charge in [-0.3, -0.25) is 14.5 Å². The number of halogens is 2. The van der Waals surface area contributed by atoms with Gasteiger partial charge in [-0.05, 0) is 94.7 Å². The standard InChI is InChI=1S/C30H44ClFN4O4/c1-4-18(28(39)34-27-19-7-17-8-20(27)13-30(40,11-17)12-19)9-25(37)23(33)14-35-15-26(38)36(16-29(35,2)3)24-10-21(32)5-6-22(24)31/h5-6,10,17-20,23,25,27,37,40H,4,7-9,11-16,33H2,1-3H3,(H,34,39)/t17?,18-,19?,20?,23+,25+,27?,30?/m1/s1. The number of nitrogens with two attached hydrogens (primary N) is 1. The fraction of sp³-hybridized carbons (Fsp3) is 0.733. The fourth-order valence-electron chi connectivity index (χ4n) is 8.06. The number of piperazine rings is 1. The summed E-state index contributed by atoms with van der Waals surface area (Å²) < 4.78 is 13.9. The lowest BCUT2D eigenvalue weighted by Gasteiger charge is -2.58. The molecule has 1 aliphatic heterocycles. The average molecular weight is 579 g/mol. The smallest absolute Gasteiger partial charge is 0.241 e. The molecule has 5 N–H and O–H groups in total. The van der Waals surface area contributed by atoms with Crippen molar-refractivity contribution in [3.8, 4) is 0 Å². The zero-order valence-electron chi connectivity index (χ0n) is 23.8. The molecule has 2 amide bonds. The monoisotopic (exact) mass is 578 g/mol. The Morgan fingerprint density at radius 1 is 1.25 bits per heavy atom. The van der Waals surface area contributed by atoms with E-state index in [0.29, 0.717) is 34.9 Å². The average Bonchev–Trinajstić information content (AvgIpc) is 2.87. The summed E-state index contributed by atoms with van der Waals surface area (Å²) in [6, 6.07) is 3.40. The van der Waals surface area contributed by atoms with Crippen molar-refractivity contribution in [1.82, 2.24) is 10.2 Å². The van der Waals surface area contributed by atoms with Crippen LogP contribution in [0.3, 0.4) is 0 Å². The van der Waals surface area contributed by atoms with Crippen molar-refractivity contribution in [2.45, 2.75) is 95.0 Å². The first-order valence-electron chi connectivity index (χ1n) is 14.8. The molecule has 5 aliphatic rings. The number of nitrogens with zero attached hydrogens (tertiary/aromatic N) is 2. The van der Waals surface area contributed by atoms with Crippen molar-refractivity contribution in [2.24, 2.45) is 29.4 Å². The zero-order chi connectivity index (χ0) is 29.0. The predicted molar refractivity (Wildman–Crippen MR) is 152 cm³/mol. The third-order valence-electron chi connectivity index (χ3n) is 10.1. The van der Waals surface area contributed by atoms with Crippen LogP contribution < -0.4 is 16.0 Å². The van der Waals surface area contributed by atoms with Crippen LogP contribution in [0.15, 0.2) is 18.2 Å². The van der Waals surface area contributed by atoms with Gasteiger partial charge in [0.2, 0.25) is 11.8 Å². The molecule has 8 nitrogen and oxygen atoms in total. The van der Waals surface area contributed by atoms with E-state index < -0.39 is 29.1 Å². The van der Waals surface area contributed by atoms with Crippen LogP contribution >= 0.6 is 11.6 Å². The largest absolute Gasteiger partial charge is 0.391 e. The molecule has 5 atom stereocenters. The molecule has 1 saturated heterocycles. The van der Waals surface area contributed by atoms with Crippen molar-refractivity contribution in [1.29, 1.82) is 0 Å². The number of amides is 2. The highest BCUT2D eigenvalue weighted by molar-refractivity contribution is 6.33. The molecule has 4 aliphatic carbocycles. The van der Waals surface area contributed by atoms with Gasteiger partial charge < -0.3 is 26.2 Å². The Morgan fingerprint density at radius 2 is 1.93 bits per heavy atom. The van der Waals surface area contributed by atoms with E-state index in [2.05, 4.69) is 5.32 Å². The maximum Gasteiger partial charge on any atom is 0.241 e. The molecule has 40 heavy (non-hydrogen) atoms. The van der Waals surface area contributed by atoms with Crippen LogP contribution in [0.5, 0.6) is 0 Å². The molecule has 1 heterocycles. The van der Waals surface area contributed by atoms with Crippen molar-refractivity contribution in [3.63, 3.8) is 0 Å². The molecular weight excluding hydrogens is 535 g/mol. The van der Waals surface area contributed by atoms with E-state index in [4.69, 9.17) is 17.3 Å². The SMILES string of the molecule is CC[C@H](C[C@H](O)[C@@H](N)CN1CC(=O)N(c2cc(F)ccc2Cl)CC1(C)C)C(=O)NC1C2CC3CC1CC(O)(C3)C2. The van der Waals surface area contributed by atoms with Crippen LogP contribution in [0.2, 0.25) is 5.02 Å². The van der Waals surface area contributed by atoms with Gasteiger partial charge in [-0.1, -0.05) is 18.5 Å². The van der Waals surface area contributed by atoms with Gasteiger partial charge in [0.15, 0.2) is 0 Å². The van der Waals surface area contributed by atoms with Crippen molar-refractivity contribution in [3.05, 3.63) is 29.0 Å². The molecule has 1 aromatic carbocycles. The number of benzene rings is 1. The van der Waals surface area contributed by atoms with Gasteiger partial charge >= 0.3 is 0 Å². The Kier molecular flexibility index (Phi) is 8.27. The zero-order valence-corrected chi connectivity index (χ0v) is 24.5. The van der Waals surface area contributed by atoms with E-state index in [9.17, 15) is 24.2 Å². The van der Waals surface area contributed by atoms with Crippen LogP contribution in [-0.2, 0) is 9.59 Å². The van der Waals surface area contributed by atoms with Gasteiger partial charge in [-0.25, -0.2) is 4.39 Å². The normalized spacial score (nSPS) is 33.6. The van der Waals surface area contributed by atoms with E-state index in [1.165, 1.54) is 23.1 Å². The Labute approximate surface area is 241 Å². The van der Waals surface area contributed by atoms with Crippen molar-refractivity contribution >= 4 is 29.1 Å². The molecule has 4 saturated carbocycles. The van der Waals surface area contributed by atoms with Crippen LogP contribution in [0.1, 0.15) is 65.7 Å². The predicted octanol–water partition coefficient (Wildman–Crippen LogP) is 3.07. The first-order chi connectivity index (χ1) is 18.8. The van der Waals surface area contributed by atoms with E-state index in [1.54, 1.807) is 0 Å². The highest BCUT2D eigenvalue weighted by atomic mass is 35.5. The Hall–Kier alpha value is -1.78. The number of anilines is 1. The van der Waals surface area contributed by atoms with Crippen molar-refractivity contribution in [2.75, 3.05) is 24.5 Å². The molecule has 0 spiro atoms. The maximum absolute atomic E-state index is 13.9. The molecule has 0 radical (unpaired) electrons. The maximum atomic E-state index is 13.9. The Bertz CT molecular complexity index is 1120. The molecule has 222 valence electrons. The minimum atomic E-state index is -0.920. The summed E-state index contributed by atoms with van der Waals surface area (Å²) in [6.45, 7) is 6.51. The van der Waals surface area contributed by atoms with E-state index in [-0.39, 0.29) is 49.8 Å². The minimum Gasteiger partial charge on any atom is -0.391 e. The molecule has 6 rings (SSSR count). The topological polar surface area (TPSA) is 119 Å². The lowest BCUT2D eigenvalue weighted by Crippen LogP contribution is -2.64. The number of nitrogens with one attached hydrogen (secondary N) is 1. The lowest BCUT2D eigenvalue weighted by molar-refractivity contribution is -0.148. The molecule has 2 unspecified atom stereocenters. The third-order valence-corrected chi connectivity index (χ3v) is 10.4. The summed E-state index contributed by atoms with van der Waals surface area (Å²) in [5.41, 5.74) is 5.74. The number of carbonyl (C=O) groups excluding carboxylic acids is 2. The second kappa shape index (κ2) is 11.1. The van der Waals surface area contributed by atoms with Gasteiger partial charge in [0.1, 0.15) is 5.82 Å². The van der Waals surface area contributed by atoms with Gasteiger partial charge in [-0.15, -0.1) is 0 Å². The van der Waals surface area contributed by atoms with Crippen LogP contribution in [-0.4, -0.2) is 75.9 Å². The van der Waals surface area contributed by atoms with E-state index >= 15 is 0 Å². The summed E-state index contributed by atoms with van der Waals surface area (Å²) >= 11 is 6.27. The Morgan fingerprint density at radius 3 is 2.55 bits per heavy atom. The van der Waals surface area contributed by atoms with E-state index in [1.807, 2.05) is 25.7 Å². The van der Waals surface area contributed by atoms with Crippen LogP contribution in [0, 0.1) is 29.5 Å². The second-order valence-electron chi connectivity index (χ2n) is 13.6. The highest BCUT2D eigenvalue weighted by Gasteiger charge is 2.55. The van der Waals surface area contributed by atoms with Gasteiger partial charge in [0.05, 0.1) is 29.0 Å². The molecule has 1 aromatic rings. The highest BCUT2D eigenvalue weighted by Crippen LogP contribution is 2.55. The third kappa shape index (κ3) is 5.91. The van der Waals surface area contributed by atoms with E-state index in [0.717, 1.165) is 32.1 Å². The number of hydrogen-bond donors (Lipinski definition) is 4. The van der Waals surface area contributed by atoms with Crippen molar-refractivity contribution < 1.29 is 24.2 Å². The molecule has 10 heteroatoms. The van der Waals surface area contributed by atoms with Gasteiger partial charge in [0.25, 0.3) is 0 Å². The minimum absolute atomic E-state index is 0.0469. The number of aliphatic hydroxyl groups is 2. The molecule has 4 bridgehead atoms. The first-order valence-corrected chi connectivity index (χ1v) is 15.1. The Balaban J connectivity index is 1.17. The summed E-state index contributed by atoms with van der Waals surface area (Å²) in [6.07, 6.45) is 4.48. The fourth-order valence-corrected chi connectivity index (χ4v) is 8.28. The number of carbonyl (C=O) groups is 2. The van der Waals surface area contributed by atoms with Crippen LogP contribution in [0.4, 0.5) is 10.1 Å². The van der Waals surface area contributed by atoms with Gasteiger partial charge in [-0.2, -0.15) is 0 Å². The van der Waals surface area contributed by atoms with Crippen LogP contribution in [0.25, 0.3) is 0 Å². The summed E-state index contributed by atoms with van der Waals surface area (Å²) in [7, 11) is 0. The van der Waals surface area contributed by atoms with Gasteiger partial charge in [0, 0.05) is 36.6 Å². The molecular formula is C30H44ClFN4O4. The number of hydrogen-bond acceptors (Lipinski definition) is 6.